The second-order valence-electron chi connectivity index (χ2n) is 5.33. The van der Waals surface area contributed by atoms with E-state index in [4.69, 9.17) is 0 Å². The maximum atomic E-state index is 12.4. The van der Waals surface area contributed by atoms with E-state index in [0.29, 0.717) is 5.56 Å². The molecule has 0 aliphatic heterocycles. The van der Waals surface area contributed by atoms with Gasteiger partial charge < -0.3 is 0 Å². The molecule has 1 aromatic rings. The standard InChI is InChI=1S/C16H25NO3S/c1-4-6-8-15(7-5-2)17-21(19,20)16-11-9-14(10-12-16)13(3)18/h9-12,15,17H,4-8H2,1-3H3. The van der Waals surface area contributed by atoms with Crippen LogP contribution in [0.2, 0.25) is 0 Å². The molecule has 1 atom stereocenters. The molecule has 0 bridgehead atoms. The molecule has 0 radical (unpaired) electrons. The highest BCUT2D eigenvalue weighted by molar-refractivity contribution is 7.89. The zero-order valence-electron chi connectivity index (χ0n) is 13.1. The molecular formula is C16H25NO3S. The molecule has 0 spiro atoms. The number of benzene rings is 1. The summed E-state index contributed by atoms with van der Waals surface area (Å²) in [5, 5.41) is 0. The zero-order chi connectivity index (χ0) is 15.9. The number of rotatable bonds is 9. The van der Waals surface area contributed by atoms with Crippen LogP contribution < -0.4 is 4.72 Å². The molecular weight excluding hydrogens is 286 g/mol. The molecule has 0 heterocycles. The Bertz CT molecular complexity index is 549. The summed E-state index contributed by atoms with van der Waals surface area (Å²) < 4.78 is 27.5. The fourth-order valence-electron chi connectivity index (χ4n) is 2.22. The highest BCUT2D eigenvalue weighted by Gasteiger charge is 2.19. The highest BCUT2D eigenvalue weighted by Crippen LogP contribution is 2.15. The fourth-order valence-corrected chi connectivity index (χ4v) is 3.52. The quantitative estimate of drug-likeness (QED) is 0.710. The van der Waals surface area contributed by atoms with Gasteiger partial charge in [0.05, 0.1) is 4.90 Å². The number of nitrogens with one attached hydrogen (secondary N) is 1. The van der Waals surface area contributed by atoms with Crippen LogP contribution >= 0.6 is 0 Å². The van der Waals surface area contributed by atoms with Crippen molar-refractivity contribution in [1.82, 2.24) is 4.72 Å². The second kappa shape index (κ2) is 8.29. The Kier molecular flexibility index (Phi) is 7.05. The lowest BCUT2D eigenvalue weighted by Gasteiger charge is -2.18. The van der Waals surface area contributed by atoms with Crippen molar-refractivity contribution < 1.29 is 13.2 Å². The normalized spacial score (nSPS) is 13.1. The van der Waals surface area contributed by atoms with Gasteiger partial charge in [-0.2, -0.15) is 0 Å². The van der Waals surface area contributed by atoms with E-state index in [2.05, 4.69) is 18.6 Å². The maximum absolute atomic E-state index is 12.4. The molecule has 1 N–H and O–H groups in total. The molecule has 1 aromatic carbocycles. The van der Waals surface area contributed by atoms with Gasteiger partial charge in [-0.3, -0.25) is 4.79 Å². The van der Waals surface area contributed by atoms with Crippen LogP contribution in [0.15, 0.2) is 29.2 Å². The number of carbonyl (C=O) groups is 1. The molecule has 0 aliphatic rings. The Balaban J connectivity index is 2.85. The van der Waals surface area contributed by atoms with E-state index in [-0.39, 0.29) is 16.7 Å². The molecule has 0 amide bonds. The Labute approximate surface area is 128 Å². The summed E-state index contributed by atoms with van der Waals surface area (Å²) in [6, 6.07) is 6.06. The van der Waals surface area contributed by atoms with Gasteiger partial charge in [-0.15, -0.1) is 0 Å². The molecule has 1 unspecified atom stereocenters. The molecule has 4 nitrogen and oxygen atoms in total. The van der Waals surface area contributed by atoms with Crippen molar-refractivity contribution in [2.45, 2.75) is 63.8 Å². The third kappa shape index (κ3) is 5.59. The van der Waals surface area contributed by atoms with Crippen molar-refractivity contribution in [2.75, 3.05) is 0 Å². The van der Waals surface area contributed by atoms with Crippen LogP contribution in [-0.2, 0) is 10.0 Å². The van der Waals surface area contributed by atoms with Crippen LogP contribution in [0.3, 0.4) is 0 Å². The zero-order valence-corrected chi connectivity index (χ0v) is 13.9. The van der Waals surface area contributed by atoms with Crippen molar-refractivity contribution in [3.63, 3.8) is 0 Å². The summed E-state index contributed by atoms with van der Waals surface area (Å²) in [6.45, 7) is 5.61. The fraction of sp³-hybridized carbons (Fsp3) is 0.562. The van der Waals surface area contributed by atoms with E-state index < -0.39 is 10.0 Å². The SMILES string of the molecule is CCCCC(CCC)NS(=O)(=O)c1ccc(C(C)=O)cc1. The minimum atomic E-state index is -3.52. The van der Waals surface area contributed by atoms with Crippen molar-refractivity contribution in [2.24, 2.45) is 0 Å². The molecule has 0 aliphatic carbocycles. The number of Topliss-reactive ketones (excluding diaryl/α,β-unsaturated/α-hetero) is 1. The minimum Gasteiger partial charge on any atom is -0.295 e. The smallest absolute Gasteiger partial charge is 0.240 e. The lowest BCUT2D eigenvalue weighted by Crippen LogP contribution is -2.34. The first-order valence-corrected chi connectivity index (χ1v) is 9.02. The van der Waals surface area contributed by atoms with E-state index >= 15 is 0 Å². The van der Waals surface area contributed by atoms with Crippen molar-refractivity contribution >= 4 is 15.8 Å². The minimum absolute atomic E-state index is 0.0209. The van der Waals surface area contributed by atoms with E-state index in [1.807, 2.05) is 0 Å². The van der Waals surface area contributed by atoms with E-state index in [1.54, 1.807) is 12.1 Å². The number of ketones is 1. The Morgan fingerprint density at radius 3 is 2.19 bits per heavy atom. The second-order valence-corrected chi connectivity index (χ2v) is 7.04. The number of sulfonamides is 1. The first kappa shape index (κ1) is 17.9. The third-order valence-electron chi connectivity index (χ3n) is 3.44. The molecule has 0 saturated carbocycles. The molecule has 21 heavy (non-hydrogen) atoms. The van der Waals surface area contributed by atoms with Gasteiger partial charge >= 0.3 is 0 Å². The first-order chi connectivity index (χ1) is 9.90. The van der Waals surface area contributed by atoms with Crippen LogP contribution in [0.4, 0.5) is 0 Å². The topological polar surface area (TPSA) is 63.2 Å². The Morgan fingerprint density at radius 1 is 1.10 bits per heavy atom. The number of hydrogen-bond acceptors (Lipinski definition) is 3. The average Bonchev–Trinajstić information content (AvgIpc) is 2.45. The summed E-state index contributed by atoms with van der Waals surface area (Å²) >= 11 is 0. The van der Waals surface area contributed by atoms with Gasteiger partial charge in [0.2, 0.25) is 10.0 Å². The molecule has 0 aromatic heterocycles. The third-order valence-corrected chi connectivity index (χ3v) is 4.97. The van der Waals surface area contributed by atoms with Crippen LogP contribution in [0.1, 0.15) is 63.2 Å². The van der Waals surface area contributed by atoms with Crippen LogP contribution in [0, 0.1) is 0 Å². The van der Waals surface area contributed by atoms with Crippen LogP contribution in [0.25, 0.3) is 0 Å². The predicted molar refractivity (Wildman–Crippen MR) is 85.0 cm³/mol. The van der Waals surface area contributed by atoms with Crippen LogP contribution in [0.5, 0.6) is 0 Å². The number of unbranched alkanes of at least 4 members (excludes halogenated alkanes) is 1. The lowest BCUT2D eigenvalue weighted by atomic mass is 10.1. The first-order valence-electron chi connectivity index (χ1n) is 7.54. The van der Waals surface area contributed by atoms with Gasteiger partial charge in [0.15, 0.2) is 5.78 Å². The van der Waals surface area contributed by atoms with E-state index in [9.17, 15) is 13.2 Å². The van der Waals surface area contributed by atoms with Crippen molar-refractivity contribution in [3.8, 4) is 0 Å². The van der Waals surface area contributed by atoms with Crippen LogP contribution in [-0.4, -0.2) is 20.2 Å². The summed E-state index contributed by atoms with van der Waals surface area (Å²) in [5.41, 5.74) is 0.519. The summed E-state index contributed by atoms with van der Waals surface area (Å²) in [5.74, 6) is -0.0706. The van der Waals surface area contributed by atoms with E-state index in [1.165, 1.54) is 19.1 Å². The lowest BCUT2D eigenvalue weighted by molar-refractivity contribution is 0.101. The van der Waals surface area contributed by atoms with Gasteiger partial charge in [0, 0.05) is 11.6 Å². The number of hydrogen-bond donors (Lipinski definition) is 1. The van der Waals surface area contributed by atoms with Gasteiger partial charge in [-0.25, -0.2) is 13.1 Å². The number of carbonyl (C=O) groups excluding carboxylic acids is 1. The molecule has 0 saturated heterocycles. The molecule has 118 valence electrons. The summed E-state index contributed by atoms with van der Waals surface area (Å²) in [7, 11) is -3.52. The van der Waals surface area contributed by atoms with Crippen molar-refractivity contribution in [1.29, 1.82) is 0 Å². The summed E-state index contributed by atoms with van der Waals surface area (Å²) in [4.78, 5) is 11.4. The molecule has 0 fully saturated rings. The largest absolute Gasteiger partial charge is 0.295 e. The summed E-state index contributed by atoms with van der Waals surface area (Å²) in [6.07, 6.45) is 4.70. The monoisotopic (exact) mass is 311 g/mol. The average molecular weight is 311 g/mol. The maximum Gasteiger partial charge on any atom is 0.240 e. The predicted octanol–water partition coefficient (Wildman–Crippen LogP) is 3.53. The van der Waals surface area contributed by atoms with E-state index in [0.717, 1.165) is 32.1 Å². The van der Waals surface area contributed by atoms with Gasteiger partial charge in [0.1, 0.15) is 0 Å². The van der Waals surface area contributed by atoms with Gasteiger partial charge in [-0.1, -0.05) is 45.2 Å². The Hall–Kier alpha value is -1.20. The van der Waals surface area contributed by atoms with Gasteiger partial charge in [-0.05, 0) is 31.9 Å². The Morgan fingerprint density at radius 2 is 1.71 bits per heavy atom. The van der Waals surface area contributed by atoms with Gasteiger partial charge in [0.25, 0.3) is 0 Å². The molecule has 5 heteroatoms. The molecule has 1 rings (SSSR count). The highest BCUT2D eigenvalue weighted by atomic mass is 32.2. The van der Waals surface area contributed by atoms with Crippen molar-refractivity contribution in [3.05, 3.63) is 29.8 Å².